The smallest absolute Gasteiger partial charge is 0.320 e. The summed E-state index contributed by atoms with van der Waals surface area (Å²) in [5, 5.41) is 10.3. The first kappa shape index (κ1) is 15.3. The molecular weight excluding hydrogens is 354 g/mol. The van der Waals surface area contributed by atoms with Crippen molar-refractivity contribution in [2.75, 3.05) is 0 Å². The Morgan fingerprint density at radius 3 is 2.90 bits per heavy atom. The summed E-state index contributed by atoms with van der Waals surface area (Å²) in [6, 6.07) is 5.80. The second-order valence-corrected chi connectivity index (χ2v) is 7.43. The molecule has 0 bridgehead atoms. The van der Waals surface area contributed by atoms with Crippen LogP contribution in [0.25, 0.3) is 0 Å². The third-order valence-electron chi connectivity index (χ3n) is 4.87. The van der Waals surface area contributed by atoms with Gasteiger partial charge in [0.25, 0.3) is 0 Å². The van der Waals surface area contributed by atoms with E-state index in [4.69, 9.17) is 11.6 Å². The van der Waals surface area contributed by atoms with Crippen LogP contribution in [-0.2, 0) is 11.3 Å². The molecule has 1 saturated carbocycles. The molecule has 1 N–H and O–H groups in total. The molecule has 3 rings (SSSR count). The number of fused-ring (bicyclic) bond motifs is 1. The fraction of sp³-hybridized carbons (Fsp3) is 0.562. The lowest BCUT2D eigenvalue weighted by atomic mass is 9.84. The third kappa shape index (κ3) is 3.13. The number of benzene rings is 1. The molecule has 1 aromatic rings. The van der Waals surface area contributed by atoms with Gasteiger partial charge in [-0.1, -0.05) is 40.4 Å². The Morgan fingerprint density at radius 1 is 1.38 bits per heavy atom. The zero-order chi connectivity index (χ0) is 15.0. The van der Waals surface area contributed by atoms with Crippen molar-refractivity contribution in [1.29, 1.82) is 0 Å². The van der Waals surface area contributed by atoms with Crippen LogP contribution in [0.4, 0.5) is 0 Å². The van der Waals surface area contributed by atoms with Crippen molar-refractivity contribution in [3.63, 3.8) is 0 Å². The van der Waals surface area contributed by atoms with Gasteiger partial charge in [0.15, 0.2) is 0 Å². The highest BCUT2D eigenvalue weighted by molar-refractivity contribution is 9.10. The van der Waals surface area contributed by atoms with Gasteiger partial charge >= 0.3 is 5.97 Å². The van der Waals surface area contributed by atoms with Crippen LogP contribution in [0.5, 0.6) is 0 Å². The largest absolute Gasteiger partial charge is 0.480 e. The van der Waals surface area contributed by atoms with Crippen LogP contribution in [-0.4, -0.2) is 28.1 Å². The van der Waals surface area contributed by atoms with E-state index in [1.807, 2.05) is 18.2 Å². The van der Waals surface area contributed by atoms with Crippen LogP contribution in [0.2, 0.25) is 5.02 Å². The van der Waals surface area contributed by atoms with Gasteiger partial charge in [-0.2, -0.15) is 0 Å². The van der Waals surface area contributed by atoms with E-state index in [0.29, 0.717) is 23.5 Å². The fourth-order valence-electron chi connectivity index (χ4n) is 3.88. The molecule has 5 heteroatoms. The van der Waals surface area contributed by atoms with Crippen LogP contribution in [0, 0.1) is 5.92 Å². The number of halogens is 2. The Labute approximate surface area is 138 Å². The van der Waals surface area contributed by atoms with Crippen molar-refractivity contribution in [3.8, 4) is 0 Å². The second-order valence-electron chi connectivity index (χ2n) is 6.11. The van der Waals surface area contributed by atoms with Gasteiger partial charge in [-0.25, -0.2) is 0 Å². The summed E-state index contributed by atoms with van der Waals surface area (Å²) >= 11 is 9.75. The Kier molecular flexibility index (Phi) is 4.57. The van der Waals surface area contributed by atoms with Gasteiger partial charge in [0.1, 0.15) is 6.04 Å². The normalized spacial score (nSPS) is 29.3. The average molecular weight is 373 g/mol. The maximum absolute atomic E-state index is 11.6. The molecule has 1 aliphatic carbocycles. The molecule has 3 unspecified atom stereocenters. The highest BCUT2D eigenvalue weighted by Crippen LogP contribution is 2.41. The van der Waals surface area contributed by atoms with E-state index in [1.54, 1.807) is 0 Å². The number of nitrogens with zero attached hydrogens (tertiary/aromatic N) is 1. The van der Waals surface area contributed by atoms with E-state index in [0.717, 1.165) is 29.3 Å². The first-order chi connectivity index (χ1) is 10.1. The SMILES string of the molecule is O=C(O)C1CC2CCCCC2N1Cc1cc(Br)ccc1Cl. The van der Waals surface area contributed by atoms with Crippen LogP contribution in [0.1, 0.15) is 37.7 Å². The van der Waals surface area contributed by atoms with E-state index >= 15 is 0 Å². The first-order valence-corrected chi connectivity index (χ1v) is 8.66. The summed E-state index contributed by atoms with van der Waals surface area (Å²) in [6.45, 7) is 0.621. The molecule has 0 amide bonds. The lowest BCUT2D eigenvalue weighted by Gasteiger charge is -2.33. The number of rotatable bonds is 3. The Bertz CT molecular complexity index is 551. The topological polar surface area (TPSA) is 40.5 Å². The molecule has 1 heterocycles. The number of hydrogen-bond donors (Lipinski definition) is 1. The maximum atomic E-state index is 11.6. The van der Waals surface area contributed by atoms with Crippen molar-refractivity contribution in [2.45, 2.75) is 50.7 Å². The van der Waals surface area contributed by atoms with Gasteiger partial charge in [-0.3, -0.25) is 9.69 Å². The lowest BCUT2D eigenvalue weighted by molar-refractivity contribution is -0.142. The number of aliphatic carboxylic acids is 1. The standard InChI is InChI=1S/C16H19BrClNO2/c17-12-5-6-13(18)11(7-12)9-19-14-4-2-1-3-10(14)8-15(19)16(20)21/h5-7,10,14-15H,1-4,8-9H2,(H,20,21). The zero-order valence-electron chi connectivity index (χ0n) is 11.8. The van der Waals surface area contributed by atoms with E-state index in [9.17, 15) is 9.90 Å². The van der Waals surface area contributed by atoms with Gasteiger partial charge in [0, 0.05) is 22.1 Å². The predicted molar refractivity (Wildman–Crippen MR) is 86.5 cm³/mol. The molecule has 114 valence electrons. The molecule has 2 fully saturated rings. The number of hydrogen-bond acceptors (Lipinski definition) is 2. The predicted octanol–water partition coefficient (Wildman–Crippen LogP) is 4.32. The third-order valence-corrected chi connectivity index (χ3v) is 5.73. The van der Waals surface area contributed by atoms with E-state index in [1.165, 1.54) is 12.8 Å². The monoisotopic (exact) mass is 371 g/mol. The zero-order valence-corrected chi connectivity index (χ0v) is 14.1. The van der Waals surface area contributed by atoms with Crippen molar-refractivity contribution in [3.05, 3.63) is 33.3 Å². The minimum absolute atomic E-state index is 0.367. The molecular formula is C16H19BrClNO2. The molecule has 0 spiro atoms. The van der Waals surface area contributed by atoms with Gasteiger partial charge in [-0.05, 0) is 48.9 Å². The van der Waals surface area contributed by atoms with Crippen molar-refractivity contribution < 1.29 is 9.90 Å². The highest BCUT2D eigenvalue weighted by Gasteiger charge is 2.45. The highest BCUT2D eigenvalue weighted by atomic mass is 79.9. The molecule has 2 aliphatic rings. The molecule has 1 aromatic carbocycles. The Hall–Kier alpha value is -0.580. The maximum Gasteiger partial charge on any atom is 0.320 e. The lowest BCUT2D eigenvalue weighted by Crippen LogP contribution is -2.41. The van der Waals surface area contributed by atoms with Gasteiger partial charge in [-0.15, -0.1) is 0 Å². The summed E-state index contributed by atoms with van der Waals surface area (Å²) in [4.78, 5) is 13.8. The van der Waals surface area contributed by atoms with Crippen molar-refractivity contribution in [2.24, 2.45) is 5.92 Å². The second kappa shape index (κ2) is 6.27. The van der Waals surface area contributed by atoms with Gasteiger partial charge in [0.2, 0.25) is 0 Å². The van der Waals surface area contributed by atoms with Crippen LogP contribution >= 0.6 is 27.5 Å². The van der Waals surface area contributed by atoms with Crippen molar-refractivity contribution in [1.82, 2.24) is 4.90 Å². The summed E-state index contributed by atoms with van der Waals surface area (Å²) in [5.74, 6) is -0.165. The average Bonchev–Trinajstić information content (AvgIpc) is 2.82. The molecule has 3 nitrogen and oxygen atoms in total. The van der Waals surface area contributed by atoms with Crippen LogP contribution < -0.4 is 0 Å². The van der Waals surface area contributed by atoms with Crippen LogP contribution in [0.15, 0.2) is 22.7 Å². The Morgan fingerprint density at radius 2 is 2.14 bits per heavy atom. The number of carboxylic acids is 1. The molecule has 1 aliphatic heterocycles. The molecule has 0 radical (unpaired) electrons. The summed E-state index contributed by atoms with van der Waals surface area (Å²) in [5.41, 5.74) is 1.00. The quantitative estimate of drug-likeness (QED) is 0.859. The first-order valence-electron chi connectivity index (χ1n) is 7.48. The van der Waals surface area contributed by atoms with Gasteiger partial charge < -0.3 is 5.11 Å². The minimum Gasteiger partial charge on any atom is -0.480 e. The summed E-state index contributed by atoms with van der Waals surface area (Å²) < 4.78 is 0.980. The Balaban J connectivity index is 1.86. The number of carboxylic acid groups (broad SMARTS) is 1. The molecule has 3 atom stereocenters. The minimum atomic E-state index is -0.699. The van der Waals surface area contributed by atoms with Crippen molar-refractivity contribution >= 4 is 33.5 Å². The van der Waals surface area contributed by atoms with E-state index in [2.05, 4.69) is 20.8 Å². The molecule has 21 heavy (non-hydrogen) atoms. The number of carbonyl (C=O) groups is 1. The van der Waals surface area contributed by atoms with Crippen LogP contribution in [0.3, 0.4) is 0 Å². The van der Waals surface area contributed by atoms with E-state index in [-0.39, 0.29) is 6.04 Å². The fourth-order valence-corrected chi connectivity index (χ4v) is 4.47. The van der Waals surface area contributed by atoms with Gasteiger partial charge in [0.05, 0.1) is 0 Å². The summed E-state index contributed by atoms with van der Waals surface area (Å²) in [6.07, 6.45) is 5.50. The molecule has 0 aromatic heterocycles. The summed E-state index contributed by atoms with van der Waals surface area (Å²) in [7, 11) is 0. The van der Waals surface area contributed by atoms with E-state index < -0.39 is 5.97 Å². The molecule has 1 saturated heterocycles. The number of likely N-dealkylation sites (tertiary alicyclic amines) is 1.